The highest BCUT2D eigenvalue weighted by Crippen LogP contribution is 2.11. The van der Waals surface area contributed by atoms with Crippen LogP contribution in [0.1, 0.15) is 17.0 Å². The fourth-order valence-corrected chi connectivity index (χ4v) is 3.47. The molecule has 120 valence electrons. The van der Waals surface area contributed by atoms with E-state index in [9.17, 15) is 8.42 Å². The van der Waals surface area contributed by atoms with Crippen molar-refractivity contribution in [2.45, 2.75) is 25.2 Å². The molecule has 0 atom stereocenters. The highest BCUT2D eigenvalue weighted by Gasteiger charge is 2.13. The fourth-order valence-electron chi connectivity index (χ4n) is 2.43. The van der Waals surface area contributed by atoms with E-state index in [1.165, 1.54) is 0 Å². The Bertz CT molecular complexity index is 928. The summed E-state index contributed by atoms with van der Waals surface area (Å²) >= 11 is 0. The lowest BCUT2D eigenvalue weighted by Crippen LogP contribution is -2.26. The number of aromatic nitrogens is 2. The Balaban J connectivity index is 1.68. The molecular formula is C17H19N3O2S. The molecule has 0 unspecified atom stereocenters. The van der Waals surface area contributed by atoms with Crippen molar-refractivity contribution in [3.05, 3.63) is 65.6 Å². The van der Waals surface area contributed by atoms with E-state index in [0.29, 0.717) is 13.0 Å². The minimum absolute atomic E-state index is 0.286. The molecule has 6 heteroatoms. The van der Waals surface area contributed by atoms with Crippen LogP contribution in [0.15, 0.2) is 53.6 Å². The minimum atomic E-state index is -3.47. The van der Waals surface area contributed by atoms with Crippen LogP contribution in [0.2, 0.25) is 0 Å². The molecule has 5 nitrogen and oxygen atoms in total. The summed E-state index contributed by atoms with van der Waals surface area (Å²) < 4.78 is 29.1. The van der Waals surface area contributed by atoms with Crippen molar-refractivity contribution in [2.75, 3.05) is 6.54 Å². The molecule has 0 saturated heterocycles. The lowest BCUT2D eigenvalue weighted by atomic mass is 10.2. The molecule has 0 radical (unpaired) electrons. The Morgan fingerprint density at radius 1 is 1.09 bits per heavy atom. The molecule has 23 heavy (non-hydrogen) atoms. The highest BCUT2D eigenvalue weighted by atomic mass is 32.2. The quantitative estimate of drug-likeness (QED) is 0.782. The first-order chi connectivity index (χ1) is 11.0. The maximum absolute atomic E-state index is 12.2. The van der Waals surface area contributed by atoms with Crippen LogP contribution in [0.5, 0.6) is 0 Å². The van der Waals surface area contributed by atoms with E-state index in [1.807, 2.05) is 42.6 Å². The maximum atomic E-state index is 12.2. The standard InChI is InChI=1S/C17H19N3O2S/c1-13-6-8-16(9-7-13)23(21,22)18-11-10-15-12-20-14(2)4-3-5-17(20)19-15/h3-9,12,18H,10-11H2,1-2H3. The van der Waals surface area contributed by atoms with Crippen LogP contribution < -0.4 is 4.72 Å². The molecule has 3 aromatic rings. The van der Waals surface area contributed by atoms with Crippen molar-refractivity contribution in [3.8, 4) is 0 Å². The van der Waals surface area contributed by atoms with Gasteiger partial charge in [0.2, 0.25) is 10.0 Å². The molecule has 0 saturated carbocycles. The average molecular weight is 329 g/mol. The summed E-state index contributed by atoms with van der Waals surface area (Å²) in [6.07, 6.45) is 2.50. The van der Waals surface area contributed by atoms with Crippen LogP contribution in [0.3, 0.4) is 0 Å². The number of hydrogen-bond donors (Lipinski definition) is 1. The molecular weight excluding hydrogens is 310 g/mol. The summed E-state index contributed by atoms with van der Waals surface area (Å²) in [5, 5.41) is 0. The second kappa shape index (κ2) is 6.14. The third kappa shape index (κ3) is 3.43. The summed E-state index contributed by atoms with van der Waals surface area (Å²) in [7, 11) is -3.47. The van der Waals surface area contributed by atoms with E-state index < -0.39 is 10.0 Å². The average Bonchev–Trinajstić information content (AvgIpc) is 2.92. The molecule has 3 rings (SSSR count). The molecule has 2 heterocycles. The Kier molecular flexibility index (Phi) is 4.19. The van der Waals surface area contributed by atoms with Crippen LogP contribution in [0.4, 0.5) is 0 Å². The zero-order valence-electron chi connectivity index (χ0n) is 13.2. The number of hydrogen-bond acceptors (Lipinski definition) is 3. The van der Waals surface area contributed by atoms with Gasteiger partial charge in [0.25, 0.3) is 0 Å². The second-order valence-electron chi connectivity index (χ2n) is 5.59. The molecule has 0 fully saturated rings. The highest BCUT2D eigenvalue weighted by molar-refractivity contribution is 7.89. The SMILES string of the molecule is Cc1ccc(S(=O)(=O)NCCc2cn3c(C)cccc3n2)cc1. The smallest absolute Gasteiger partial charge is 0.240 e. The van der Waals surface area contributed by atoms with Crippen LogP contribution in [0, 0.1) is 13.8 Å². The van der Waals surface area contributed by atoms with Gasteiger partial charge in [0, 0.05) is 24.9 Å². The number of nitrogens with zero attached hydrogens (tertiary/aromatic N) is 2. The van der Waals surface area contributed by atoms with E-state index in [0.717, 1.165) is 22.6 Å². The van der Waals surface area contributed by atoms with E-state index in [-0.39, 0.29) is 4.90 Å². The van der Waals surface area contributed by atoms with Gasteiger partial charge in [-0.2, -0.15) is 0 Å². The molecule has 0 aliphatic rings. The number of pyridine rings is 1. The monoisotopic (exact) mass is 329 g/mol. The molecule has 1 N–H and O–H groups in total. The summed E-state index contributed by atoms with van der Waals surface area (Å²) in [5.41, 5.74) is 3.87. The van der Waals surface area contributed by atoms with Gasteiger partial charge in [-0.1, -0.05) is 23.8 Å². The lowest BCUT2D eigenvalue weighted by molar-refractivity contribution is 0.581. The number of rotatable bonds is 5. The molecule has 2 aromatic heterocycles. The minimum Gasteiger partial charge on any atom is -0.304 e. The molecule has 0 spiro atoms. The van der Waals surface area contributed by atoms with Gasteiger partial charge in [-0.15, -0.1) is 0 Å². The Labute approximate surface area is 136 Å². The third-order valence-electron chi connectivity index (χ3n) is 3.75. The number of sulfonamides is 1. The number of imidazole rings is 1. The number of benzene rings is 1. The van der Waals surface area contributed by atoms with Crippen molar-refractivity contribution in [2.24, 2.45) is 0 Å². The molecule has 1 aromatic carbocycles. The van der Waals surface area contributed by atoms with E-state index in [2.05, 4.69) is 9.71 Å². The molecule has 0 aliphatic carbocycles. The van der Waals surface area contributed by atoms with Crippen molar-refractivity contribution in [1.29, 1.82) is 0 Å². The third-order valence-corrected chi connectivity index (χ3v) is 5.23. The van der Waals surface area contributed by atoms with Crippen LogP contribution in [-0.2, 0) is 16.4 Å². The number of nitrogens with one attached hydrogen (secondary N) is 1. The Morgan fingerprint density at radius 2 is 1.83 bits per heavy atom. The van der Waals surface area contributed by atoms with Crippen molar-refractivity contribution < 1.29 is 8.42 Å². The zero-order chi connectivity index (χ0) is 16.4. The van der Waals surface area contributed by atoms with E-state index in [1.54, 1.807) is 24.3 Å². The summed E-state index contributed by atoms with van der Waals surface area (Å²) in [5.74, 6) is 0. The van der Waals surface area contributed by atoms with Gasteiger partial charge in [-0.25, -0.2) is 18.1 Å². The fraction of sp³-hybridized carbons (Fsp3) is 0.235. The van der Waals surface area contributed by atoms with Gasteiger partial charge in [-0.3, -0.25) is 0 Å². The van der Waals surface area contributed by atoms with Crippen molar-refractivity contribution >= 4 is 15.7 Å². The number of aryl methyl sites for hydroxylation is 2. The second-order valence-corrected chi connectivity index (χ2v) is 7.36. The maximum Gasteiger partial charge on any atom is 0.240 e. The first kappa shape index (κ1) is 15.7. The Morgan fingerprint density at radius 3 is 2.52 bits per heavy atom. The van der Waals surface area contributed by atoms with Gasteiger partial charge in [0.15, 0.2) is 0 Å². The van der Waals surface area contributed by atoms with Gasteiger partial charge in [0.1, 0.15) is 5.65 Å². The number of fused-ring (bicyclic) bond motifs is 1. The van der Waals surface area contributed by atoms with E-state index in [4.69, 9.17) is 0 Å². The van der Waals surface area contributed by atoms with Crippen molar-refractivity contribution in [3.63, 3.8) is 0 Å². The van der Waals surface area contributed by atoms with Gasteiger partial charge < -0.3 is 4.40 Å². The van der Waals surface area contributed by atoms with Crippen LogP contribution in [0.25, 0.3) is 5.65 Å². The predicted octanol–water partition coefficient (Wildman–Crippen LogP) is 2.47. The van der Waals surface area contributed by atoms with Crippen LogP contribution >= 0.6 is 0 Å². The predicted molar refractivity (Wildman–Crippen MR) is 90.0 cm³/mol. The van der Waals surface area contributed by atoms with Crippen LogP contribution in [-0.4, -0.2) is 24.3 Å². The van der Waals surface area contributed by atoms with Gasteiger partial charge in [0.05, 0.1) is 10.6 Å². The molecule has 0 amide bonds. The summed E-state index contributed by atoms with van der Waals surface area (Å²) in [6, 6.07) is 12.7. The largest absolute Gasteiger partial charge is 0.304 e. The first-order valence-electron chi connectivity index (χ1n) is 7.46. The topological polar surface area (TPSA) is 63.5 Å². The van der Waals surface area contributed by atoms with Gasteiger partial charge >= 0.3 is 0 Å². The zero-order valence-corrected chi connectivity index (χ0v) is 14.0. The summed E-state index contributed by atoms with van der Waals surface area (Å²) in [4.78, 5) is 4.79. The summed E-state index contributed by atoms with van der Waals surface area (Å²) in [6.45, 7) is 4.26. The molecule has 0 bridgehead atoms. The van der Waals surface area contributed by atoms with Crippen molar-refractivity contribution in [1.82, 2.24) is 14.1 Å². The lowest BCUT2D eigenvalue weighted by Gasteiger charge is -2.06. The Hall–Kier alpha value is -2.18. The normalized spacial score (nSPS) is 11.9. The van der Waals surface area contributed by atoms with Gasteiger partial charge in [-0.05, 0) is 38.1 Å². The molecule has 0 aliphatic heterocycles. The van der Waals surface area contributed by atoms with E-state index >= 15 is 0 Å². The first-order valence-corrected chi connectivity index (χ1v) is 8.94.